The maximum absolute atomic E-state index is 11.7. The summed E-state index contributed by atoms with van der Waals surface area (Å²) in [5.74, 6) is 0. The molecule has 0 bridgehead atoms. The minimum absolute atomic E-state index is 0.0422. The Morgan fingerprint density at radius 1 is 1.13 bits per heavy atom. The Balaban J connectivity index is 1.80. The molecular formula is C11H20N2O2. The second-order valence-electron chi connectivity index (χ2n) is 4.56. The lowest BCUT2D eigenvalue weighted by Gasteiger charge is -2.28. The van der Waals surface area contributed by atoms with E-state index in [1.54, 1.807) is 0 Å². The highest BCUT2D eigenvalue weighted by Crippen LogP contribution is 2.21. The van der Waals surface area contributed by atoms with Crippen molar-refractivity contribution in [3.63, 3.8) is 0 Å². The first-order valence-corrected chi connectivity index (χ1v) is 5.98. The van der Waals surface area contributed by atoms with E-state index in [4.69, 9.17) is 10.5 Å². The lowest BCUT2D eigenvalue weighted by Crippen LogP contribution is -2.41. The molecule has 86 valence electrons. The third kappa shape index (κ3) is 2.62. The highest BCUT2D eigenvalue weighted by atomic mass is 16.6. The Labute approximate surface area is 90.8 Å². The highest BCUT2D eigenvalue weighted by Gasteiger charge is 2.29. The lowest BCUT2D eigenvalue weighted by molar-refractivity contribution is 0.0543. The van der Waals surface area contributed by atoms with Crippen LogP contribution in [0.4, 0.5) is 4.79 Å². The molecule has 0 aromatic carbocycles. The van der Waals surface area contributed by atoms with Gasteiger partial charge in [0.2, 0.25) is 0 Å². The third-order valence-corrected chi connectivity index (χ3v) is 3.37. The average molecular weight is 212 g/mol. The molecule has 1 aliphatic heterocycles. The van der Waals surface area contributed by atoms with Gasteiger partial charge in [0.15, 0.2) is 0 Å². The quantitative estimate of drug-likeness (QED) is 0.716. The number of carbonyl (C=O) groups is 1. The van der Waals surface area contributed by atoms with Crippen LogP contribution in [-0.4, -0.2) is 36.2 Å². The van der Waals surface area contributed by atoms with Crippen LogP contribution >= 0.6 is 0 Å². The van der Waals surface area contributed by atoms with Gasteiger partial charge in [0, 0.05) is 19.1 Å². The summed E-state index contributed by atoms with van der Waals surface area (Å²) in [6.45, 7) is 1.70. The van der Waals surface area contributed by atoms with E-state index in [0.717, 1.165) is 45.2 Å². The van der Waals surface area contributed by atoms with E-state index in [0.29, 0.717) is 0 Å². The van der Waals surface area contributed by atoms with Crippen LogP contribution in [0.3, 0.4) is 0 Å². The van der Waals surface area contributed by atoms with Crippen molar-refractivity contribution in [1.29, 1.82) is 0 Å². The summed E-state index contributed by atoms with van der Waals surface area (Å²) in [5.41, 5.74) is 5.86. The molecule has 1 heterocycles. The number of carbonyl (C=O) groups excluding carboxylic acids is 1. The van der Waals surface area contributed by atoms with Crippen LogP contribution in [0.2, 0.25) is 0 Å². The minimum Gasteiger partial charge on any atom is -0.444 e. The van der Waals surface area contributed by atoms with Crippen molar-refractivity contribution in [2.75, 3.05) is 13.1 Å². The van der Waals surface area contributed by atoms with Gasteiger partial charge in [0.1, 0.15) is 6.10 Å². The molecule has 0 spiro atoms. The van der Waals surface area contributed by atoms with Gasteiger partial charge in [-0.2, -0.15) is 0 Å². The normalized spacial score (nSPS) is 31.7. The number of rotatable bonds is 1. The fraction of sp³-hybridized carbons (Fsp3) is 0.909. The Morgan fingerprint density at radius 2 is 1.87 bits per heavy atom. The average Bonchev–Trinajstić information content (AvgIpc) is 2.66. The maximum atomic E-state index is 11.7. The van der Waals surface area contributed by atoms with Crippen molar-refractivity contribution in [2.45, 2.75) is 50.7 Å². The van der Waals surface area contributed by atoms with Gasteiger partial charge >= 0.3 is 6.09 Å². The minimum atomic E-state index is -0.156. The Morgan fingerprint density at radius 3 is 2.47 bits per heavy atom. The summed E-state index contributed by atoms with van der Waals surface area (Å²) in [6.07, 6.45) is 6.24. The second kappa shape index (κ2) is 4.84. The monoisotopic (exact) mass is 212 g/mol. The predicted molar refractivity (Wildman–Crippen MR) is 57.5 cm³/mol. The lowest BCUT2D eigenvalue weighted by atomic mass is 10.1. The van der Waals surface area contributed by atoms with Crippen LogP contribution in [0.5, 0.6) is 0 Å². The largest absolute Gasteiger partial charge is 0.444 e. The van der Waals surface area contributed by atoms with E-state index in [2.05, 4.69) is 0 Å². The van der Waals surface area contributed by atoms with Crippen LogP contribution in [0.1, 0.15) is 38.5 Å². The van der Waals surface area contributed by atoms with E-state index in [1.165, 1.54) is 6.42 Å². The number of amides is 1. The molecule has 2 rings (SSSR count). The molecule has 1 saturated heterocycles. The summed E-state index contributed by atoms with van der Waals surface area (Å²) >= 11 is 0. The van der Waals surface area contributed by atoms with Crippen LogP contribution in [0, 0.1) is 0 Å². The molecule has 0 radical (unpaired) electrons. The van der Waals surface area contributed by atoms with Crippen LogP contribution in [-0.2, 0) is 4.74 Å². The Kier molecular flexibility index (Phi) is 3.46. The third-order valence-electron chi connectivity index (χ3n) is 3.37. The van der Waals surface area contributed by atoms with Crippen LogP contribution in [0.15, 0.2) is 0 Å². The van der Waals surface area contributed by atoms with E-state index >= 15 is 0 Å². The molecule has 0 aromatic rings. The van der Waals surface area contributed by atoms with Gasteiger partial charge in [0.05, 0.1) is 0 Å². The van der Waals surface area contributed by atoms with E-state index in [9.17, 15) is 4.79 Å². The molecule has 2 aliphatic rings. The molecule has 1 amide bonds. The zero-order valence-corrected chi connectivity index (χ0v) is 9.15. The molecule has 4 nitrogen and oxygen atoms in total. The number of likely N-dealkylation sites (tertiary alicyclic amines) is 1. The van der Waals surface area contributed by atoms with Crippen molar-refractivity contribution < 1.29 is 9.53 Å². The van der Waals surface area contributed by atoms with Crippen molar-refractivity contribution in [1.82, 2.24) is 4.90 Å². The molecule has 0 aromatic heterocycles. The van der Waals surface area contributed by atoms with Crippen LogP contribution < -0.4 is 5.73 Å². The topological polar surface area (TPSA) is 55.6 Å². The van der Waals surface area contributed by atoms with Gasteiger partial charge < -0.3 is 15.4 Å². The Bertz CT molecular complexity index is 227. The maximum Gasteiger partial charge on any atom is 0.410 e. The second-order valence-corrected chi connectivity index (χ2v) is 4.56. The summed E-state index contributed by atoms with van der Waals surface area (Å²) in [7, 11) is 0. The number of hydrogen-bond donors (Lipinski definition) is 1. The van der Waals surface area contributed by atoms with Crippen molar-refractivity contribution in [3.8, 4) is 0 Å². The molecule has 15 heavy (non-hydrogen) atoms. The number of nitrogens with zero attached hydrogens (tertiary/aromatic N) is 1. The molecule has 1 saturated carbocycles. The highest BCUT2D eigenvalue weighted by molar-refractivity contribution is 5.68. The van der Waals surface area contributed by atoms with E-state index < -0.39 is 0 Å². The summed E-state index contributed by atoms with van der Waals surface area (Å²) in [5, 5.41) is 0. The summed E-state index contributed by atoms with van der Waals surface area (Å²) < 4.78 is 5.43. The summed E-state index contributed by atoms with van der Waals surface area (Å²) in [6, 6.07) is 0.0544. The van der Waals surface area contributed by atoms with Gasteiger partial charge in [-0.1, -0.05) is 0 Å². The van der Waals surface area contributed by atoms with Crippen molar-refractivity contribution >= 4 is 6.09 Å². The number of hydrogen-bond acceptors (Lipinski definition) is 3. The van der Waals surface area contributed by atoms with Gasteiger partial charge in [-0.25, -0.2) is 4.79 Å². The van der Waals surface area contributed by atoms with Crippen LogP contribution in [0.25, 0.3) is 0 Å². The fourth-order valence-corrected chi connectivity index (χ4v) is 2.38. The molecule has 2 N–H and O–H groups in total. The molecule has 2 fully saturated rings. The molecule has 2 unspecified atom stereocenters. The summed E-state index contributed by atoms with van der Waals surface area (Å²) in [4.78, 5) is 13.6. The fourth-order valence-electron chi connectivity index (χ4n) is 2.38. The number of ether oxygens (including phenoxy) is 1. The first-order valence-electron chi connectivity index (χ1n) is 5.98. The molecule has 2 atom stereocenters. The van der Waals surface area contributed by atoms with Gasteiger partial charge in [-0.15, -0.1) is 0 Å². The predicted octanol–water partition coefficient (Wildman–Crippen LogP) is 1.49. The van der Waals surface area contributed by atoms with E-state index in [-0.39, 0.29) is 18.2 Å². The van der Waals surface area contributed by atoms with Gasteiger partial charge in [-0.05, 0) is 38.5 Å². The molecular weight excluding hydrogens is 192 g/mol. The van der Waals surface area contributed by atoms with E-state index in [1.807, 2.05) is 4.90 Å². The van der Waals surface area contributed by atoms with Crippen molar-refractivity contribution in [3.05, 3.63) is 0 Å². The van der Waals surface area contributed by atoms with Crippen molar-refractivity contribution in [2.24, 2.45) is 5.73 Å². The van der Waals surface area contributed by atoms with Gasteiger partial charge in [0.25, 0.3) is 0 Å². The number of piperidine rings is 1. The molecule has 1 aliphatic carbocycles. The SMILES string of the molecule is NC1CCCC1OC(=O)N1CCCCC1. The molecule has 4 heteroatoms. The Hall–Kier alpha value is -0.770. The zero-order valence-electron chi connectivity index (χ0n) is 9.15. The standard InChI is InChI=1S/C11H20N2O2/c12-9-5-4-6-10(9)15-11(14)13-7-2-1-3-8-13/h9-10H,1-8,12H2. The first-order chi connectivity index (χ1) is 7.27. The zero-order chi connectivity index (χ0) is 10.7. The smallest absolute Gasteiger partial charge is 0.410 e. The van der Waals surface area contributed by atoms with Gasteiger partial charge in [-0.3, -0.25) is 0 Å². The number of nitrogens with two attached hydrogens (primary N) is 1. The first kappa shape index (κ1) is 10.7.